The highest BCUT2D eigenvalue weighted by atomic mass is 35.5. The van der Waals surface area contributed by atoms with E-state index in [1.54, 1.807) is 36.4 Å². The molecule has 1 aliphatic heterocycles. The molecule has 0 aromatic heterocycles. The quantitative estimate of drug-likeness (QED) is 0.578. The third-order valence-electron chi connectivity index (χ3n) is 5.65. The number of aryl methyl sites for hydroxylation is 1. The lowest BCUT2D eigenvalue weighted by molar-refractivity contribution is 0.0697. The maximum atomic E-state index is 12.4. The molecule has 0 atom stereocenters. The fourth-order valence-electron chi connectivity index (χ4n) is 3.97. The lowest BCUT2D eigenvalue weighted by Gasteiger charge is -2.38. The number of hydrogen-bond acceptors (Lipinski definition) is 4. The van der Waals surface area contributed by atoms with Gasteiger partial charge in [0.2, 0.25) is 0 Å². The number of piperazine rings is 1. The second-order valence-electron chi connectivity index (χ2n) is 7.76. The summed E-state index contributed by atoms with van der Waals surface area (Å²) in [6.45, 7) is 4.94. The van der Waals surface area contributed by atoms with Crippen LogP contribution < -0.4 is 15.1 Å². The number of carboxylic acids is 1. The highest BCUT2D eigenvalue weighted by Gasteiger charge is 2.23. The number of hydrogen-bond donors (Lipinski definition) is 2. The van der Waals surface area contributed by atoms with E-state index in [1.807, 2.05) is 24.3 Å². The van der Waals surface area contributed by atoms with E-state index in [4.69, 9.17) is 11.6 Å². The summed E-state index contributed by atoms with van der Waals surface area (Å²) in [6.07, 6.45) is 0. The summed E-state index contributed by atoms with van der Waals surface area (Å²) < 4.78 is 0. The van der Waals surface area contributed by atoms with Crippen LogP contribution in [0.15, 0.2) is 66.7 Å². The van der Waals surface area contributed by atoms with Gasteiger partial charge in [0.15, 0.2) is 0 Å². The van der Waals surface area contributed by atoms with Gasteiger partial charge in [0.25, 0.3) is 5.91 Å². The first kappa shape index (κ1) is 21.7. The maximum absolute atomic E-state index is 12.4. The molecule has 0 saturated carbocycles. The zero-order valence-electron chi connectivity index (χ0n) is 17.7. The highest BCUT2D eigenvalue weighted by Crippen LogP contribution is 2.29. The van der Waals surface area contributed by atoms with Crippen LogP contribution in [-0.2, 0) is 0 Å². The molecule has 32 heavy (non-hydrogen) atoms. The number of rotatable bonds is 5. The molecule has 0 radical (unpaired) electrons. The van der Waals surface area contributed by atoms with Gasteiger partial charge in [-0.05, 0) is 55.0 Å². The van der Waals surface area contributed by atoms with Gasteiger partial charge in [0, 0.05) is 48.1 Å². The molecule has 1 saturated heterocycles. The molecule has 2 N–H and O–H groups in total. The molecule has 3 aromatic rings. The first-order valence-electron chi connectivity index (χ1n) is 10.4. The smallest absolute Gasteiger partial charge is 0.337 e. The molecule has 0 bridgehead atoms. The van der Waals surface area contributed by atoms with Gasteiger partial charge in [0.05, 0.1) is 11.3 Å². The van der Waals surface area contributed by atoms with E-state index in [1.165, 1.54) is 6.07 Å². The summed E-state index contributed by atoms with van der Waals surface area (Å²) >= 11 is 6.17. The Labute approximate surface area is 192 Å². The number of benzene rings is 3. The minimum Gasteiger partial charge on any atom is -0.478 e. The zero-order valence-corrected chi connectivity index (χ0v) is 18.5. The van der Waals surface area contributed by atoms with E-state index < -0.39 is 5.97 Å². The van der Waals surface area contributed by atoms with Gasteiger partial charge < -0.3 is 20.2 Å². The SMILES string of the molecule is Cc1ccc(Cl)cc1N1CCN(c2ccc(NC(=O)c3ccccc3)cc2C(=O)O)CC1. The molecular weight excluding hydrogens is 426 g/mol. The fourth-order valence-corrected chi connectivity index (χ4v) is 4.13. The molecule has 1 amide bonds. The topological polar surface area (TPSA) is 72.9 Å². The van der Waals surface area contributed by atoms with Crippen molar-refractivity contribution < 1.29 is 14.7 Å². The van der Waals surface area contributed by atoms with Crippen LogP contribution >= 0.6 is 11.6 Å². The Hall–Kier alpha value is -3.51. The summed E-state index contributed by atoms with van der Waals surface area (Å²) in [5, 5.41) is 13.3. The molecular formula is C25H24ClN3O3. The minimum absolute atomic E-state index is 0.170. The molecule has 164 valence electrons. The van der Waals surface area contributed by atoms with Crippen LogP contribution in [0.2, 0.25) is 5.02 Å². The third-order valence-corrected chi connectivity index (χ3v) is 5.89. The lowest BCUT2D eigenvalue weighted by atomic mass is 10.1. The van der Waals surface area contributed by atoms with E-state index >= 15 is 0 Å². The van der Waals surface area contributed by atoms with Crippen LogP contribution in [0.1, 0.15) is 26.3 Å². The normalized spacial score (nSPS) is 13.7. The molecule has 3 aromatic carbocycles. The second-order valence-corrected chi connectivity index (χ2v) is 8.20. The molecule has 4 rings (SSSR count). The second kappa shape index (κ2) is 9.32. The van der Waals surface area contributed by atoms with Gasteiger partial charge in [-0.25, -0.2) is 4.79 Å². The van der Waals surface area contributed by atoms with Crippen LogP contribution in [0.4, 0.5) is 17.1 Å². The average molecular weight is 450 g/mol. The number of nitrogens with zero attached hydrogens (tertiary/aromatic N) is 2. The Morgan fingerprint density at radius 2 is 1.53 bits per heavy atom. The molecule has 7 heteroatoms. The Balaban J connectivity index is 1.50. The van der Waals surface area contributed by atoms with E-state index in [-0.39, 0.29) is 11.5 Å². The molecule has 0 aliphatic carbocycles. The predicted octanol–water partition coefficient (Wildman–Crippen LogP) is 4.93. The van der Waals surface area contributed by atoms with Crippen molar-refractivity contribution in [3.8, 4) is 0 Å². The Morgan fingerprint density at radius 3 is 2.19 bits per heavy atom. The van der Waals surface area contributed by atoms with Crippen molar-refractivity contribution in [2.24, 2.45) is 0 Å². The Morgan fingerprint density at radius 1 is 0.875 bits per heavy atom. The van der Waals surface area contributed by atoms with Crippen molar-refractivity contribution in [2.75, 3.05) is 41.3 Å². The number of amides is 1. The molecule has 1 aliphatic rings. The lowest BCUT2D eigenvalue weighted by Crippen LogP contribution is -2.47. The summed E-state index contributed by atoms with van der Waals surface area (Å²) in [7, 11) is 0. The van der Waals surface area contributed by atoms with E-state index in [0.29, 0.717) is 35.1 Å². The molecule has 1 heterocycles. The summed E-state index contributed by atoms with van der Waals surface area (Å²) in [5.41, 5.74) is 4.05. The van der Waals surface area contributed by atoms with Crippen molar-refractivity contribution in [2.45, 2.75) is 6.92 Å². The van der Waals surface area contributed by atoms with E-state index in [2.05, 4.69) is 22.0 Å². The standard InChI is InChI=1S/C25H24ClN3O3/c1-17-7-8-19(26)15-23(17)29-13-11-28(12-14-29)22-10-9-20(16-21(22)25(31)32)27-24(30)18-5-3-2-4-6-18/h2-10,15-16H,11-14H2,1H3,(H,27,30)(H,31,32). The van der Waals surface area contributed by atoms with Crippen LogP contribution in [0, 0.1) is 6.92 Å². The monoisotopic (exact) mass is 449 g/mol. The van der Waals surface area contributed by atoms with Crippen LogP contribution in [-0.4, -0.2) is 43.2 Å². The van der Waals surface area contributed by atoms with Gasteiger partial charge in [-0.1, -0.05) is 35.9 Å². The number of carbonyl (C=O) groups is 2. The number of carbonyl (C=O) groups excluding carboxylic acids is 1. The third kappa shape index (κ3) is 4.70. The number of aromatic carboxylic acids is 1. The Bertz CT molecular complexity index is 1140. The van der Waals surface area contributed by atoms with Crippen LogP contribution in [0.25, 0.3) is 0 Å². The van der Waals surface area contributed by atoms with Gasteiger partial charge in [0.1, 0.15) is 0 Å². The van der Waals surface area contributed by atoms with Crippen molar-refractivity contribution >= 4 is 40.5 Å². The van der Waals surface area contributed by atoms with Gasteiger partial charge >= 0.3 is 5.97 Å². The Kier molecular flexibility index (Phi) is 6.32. The van der Waals surface area contributed by atoms with Gasteiger partial charge in [-0.15, -0.1) is 0 Å². The van der Waals surface area contributed by atoms with Crippen LogP contribution in [0.3, 0.4) is 0 Å². The minimum atomic E-state index is -1.02. The first-order valence-corrected chi connectivity index (χ1v) is 10.8. The van der Waals surface area contributed by atoms with E-state index in [9.17, 15) is 14.7 Å². The zero-order chi connectivity index (χ0) is 22.7. The van der Waals surface area contributed by atoms with Gasteiger partial charge in [-0.2, -0.15) is 0 Å². The highest BCUT2D eigenvalue weighted by molar-refractivity contribution is 6.30. The maximum Gasteiger partial charge on any atom is 0.337 e. The number of anilines is 3. The van der Waals surface area contributed by atoms with Crippen molar-refractivity contribution in [1.29, 1.82) is 0 Å². The van der Waals surface area contributed by atoms with Crippen molar-refractivity contribution in [3.05, 3.63) is 88.4 Å². The van der Waals surface area contributed by atoms with Crippen molar-refractivity contribution in [1.82, 2.24) is 0 Å². The first-order chi connectivity index (χ1) is 15.4. The number of nitrogens with one attached hydrogen (secondary N) is 1. The number of carboxylic acid groups (broad SMARTS) is 1. The van der Waals surface area contributed by atoms with Crippen LogP contribution in [0.5, 0.6) is 0 Å². The fraction of sp³-hybridized carbons (Fsp3) is 0.200. The molecule has 0 unspecified atom stereocenters. The van der Waals surface area contributed by atoms with E-state index in [0.717, 1.165) is 24.3 Å². The van der Waals surface area contributed by atoms with Gasteiger partial charge in [-0.3, -0.25) is 4.79 Å². The largest absolute Gasteiger partial charge is 0.478 e. The summed E-state index contributed by atoms with van der Waals surface area (Å²) in [4.78, 5) is 28.7. The number of halogens is 1. The molecule has 6 nitrogen and oxygen atoms in total. The average Bonchev–Trinajstić information content (AvgIpc) is 2.81. The molecule has 1 fully saturated rings. The van der Waals surface area contributed by atoms with Crippen molar-refractivity contribution in [3.63, 3.8) is 0 Å². The molecule has 0 spiro atoms. The summed E-state index contributed by atoms with van der Waals surface area (Å²) in [6, 6.07) is 19.7. The summed E-state index contributed by atoms with van der Waals surface area (Å²) in [5.74, 6) is -1.30. The predicted molar refractivity (Wildman–Crippen MR) is 128 cm³/mol.